The summed E-state index contributed by atoms with van der Waals surface area (Å²) in [6.07, 6.45) is 1.50. The highest BCUT2D eigenvalue weighted by Gasteiger charge is 2.11. The maximum absolute atomic E-state index is 13.1. The van der Waals surface area contributed by atoms with Gasteiger partial charge >= 0.3 is 5.97 Å². The molecule has 1 atom stereocenters. The van der Waals surface area contributed by atoms with Gasteiger partial charge in [-0.2, -0.15) is 0 Å². The fraction of sp³-hybridized carbons (Fsp3) is 0.353. The van der Waals surface area contributed by atoms with Crippen molar-refractivity contribution in [2.75, 3.05) is 6.54 Å². The average Bonchev–Trinajstić information content (AvgIpc) is 2.96. The van der Waals surface area contributed by atoms with Crippen LogP contribution in [0, 0.1) is 11.7 Å². The van der Waals surface area contributed by atoms with Gasteiger partial charge in [0, 0.05) is 24.8 Å². The Morgan fingerprint density at radius 1 is 1.42 bits per heavy atom. The van der Waals surface area contributed by atoms with E-state index in [-0.39, 0.29) is 23.3 Å². The van der Waals surface area contributed by atoms with E-state index in [1.807, 2.05) is 13.0 Å². The second-order valence-corrected chi connectivity index (χ2v) is 6.62. The van der Waals surface area contributed by atoms with Crippen molar-refractivity contribution in [2.24, 2.45) is 5.92 Å². The first-order chi connectivity index (χ1) is 11.4. The highest BCUT2D eigenvalue weighted by atomic mass is 32.1. The Balaban J connectivity index is 1.71. The standard InChI is InChI=1S/C17H19FN2O3S/c1-11(7-12-3-2-4-13(18)9-12)8-15(21)19-6-5-16-20-14(10-24-16)17(22)23/h2-4,9-11H,5-8H2,1H3,(H,19,21)(H,22,23). The monoisotopic (exact) mass is 350 g/mol. The van der Waals surface area contributed by atoms with Gasteiger partial charge in [-0.25, -0.2) is 14.2 Å². The lowest BCUT2D eigenvalue weighted by Crippen LogP contribution is -2.27. The molecule has 1 aromatic heterocycles. The minimum atomic E-state index is -1.05. The second kappa shape index (κ2) is 8.54. The summed E-state index contributed by atoms with van der Waals surface area (Å²) < 4.78 is 13.1. The van der Waals surface area contributed by atoms with Crippen molar-refractivity contribution in [3.05, 3.63) is 51.7 Å². The van der Waals surface area contributed by atoms with Crippen molar-refractivity contribution in [3.63, 3.8) is 0 Å². The van der Waals surface area contributed by atoms with Crippen LogP contribution >= 0.6 is 11.3 Å². The van der Waals surface area contributed by atoms with Gasteiger partial charge in [0.2, 0.25) is 5.91 Å². The molecule has 7 heteroatoms. The van der Waals surface area contributed by atoms with Crippen LogP contribution in [0.5, 0.6) is 0 Å². The maximum atomic E-state index is 13.1. The first kappa shape index (κ1) is 18.1. The molecule has 1 unspecified atom stereocenters. The molecule has 1 heterocycles. The number of aromatic nitrogens is 1. The molecule has 1 amide bonds. The number of nitrogens with zero attached hydrogens (tertiary/aromatic N) is 1. The van der Waals surface area contributed by atoms with E-state index in [0.717, 1.165) is 5.56 Å². The number of nitrogens with one attached hydrogen (secondary N) is 1. The number of halogens is 1. The molecule has 5 nitrogen and oxygen atoms in total. The minimum absolute atomic E-state index is 0.0324. The van der Waals surface area contributed by atoms with Crippen LogP contribution in [0.3, 0.4) is 0 Å². The zero-order chi connectivity index (χ0) is 17.5. The molecule has 24 heavy (non-hydrogen) atoms. The lowest BCUT2D eigenvalue weighted by molar-refractivity contribution is -0.121. The molecule has 2 N–H and O–H groups in total. The van der Waals surface area contributed by atoms with Crippen LogP contribution in [0.15, 0.2) is 29.6 Å². The normalized spacial score (nSPS) is 11.9. The van der Waals surface area contributed by atoms with Crippen LogP contribution in [0.25, 0.3) is 0 Å². The van der Waals surface area contributed by atoms with Gasteiger partial charge in [-0.3, -0.25) is 4.79 Å². The van der Waals surface area contributed by atoms with Crippen molar-refractivity contribution < 1.29 is 19.1 Å². The summed E-state index contributed by atoms with van der Waals surface area (Å²) in [5, 5.41) is 13.8. The summed E-state index contributed by atoms with van der Waals surface area (Å²) in [6, 6.07) is 6.39. The highest BCUT2D eigenvalue weighted by Crippen LogP contribution is 2.13. The highest BCUT2D eigenvalue weighted by molar-refractivity contribution is 7.09. The molecule has 128 valence electrons. The van der Waals surface area contributed by atoms with E-state index in [9.17, 15) is 14.0 Å². The number of rotatable bonds is 8. The maximum Gasteiger partial charge on any atom is 0.355 e. The summed E-state index contributed by atoms with van der Waals surface area (Å²) in [5.41, 5.74) is 0.907. The summed E-state index contributed by atoms with van der Waals surface area (Å²) in [7, 11) is 0. The van der Waals surface area contributed by atoms with Crippen LogP contribution in [-0.4, -0.2) is 28.5 Å². The summed E-state index contributed by atoms with van der Waals surface area (Å²) in [6.45, 7) is 2.36. The Kier molecular flexibility index (Phi) is 6.43. The van der Waals surface area contributed by atoms with Crippen LogP contribution in [0.2, 0.25) is 0 Å². The minimum Gasteiger partial charge on any atom is -0.476 e. The lowest BCUT2D eigenvalue weighted by atomic mass is 9.98. The molecule has 2 aromatic rings. The summed E-state index contributed by atoms with van der Waals surface area (Å²) in [4.78, 5) is 26.6. The van der Waals surface area contributed by atoms with Gasteiger partial charge in [0.1, 0.15) is 5.82 Å². The fourth-order valence-electron chi connectivity index (χ4n) is 2.36. The lowest BCUT2D eigenvalue weighted by Gasteiger charge is -2.11. The molecule has 0 aliphatic carbocycles. The summed E-state index contributed by atoms with van der Waals surface area (Å²) in [5.74, 6) is -1.29. The number of hydrogen-bond donors (Lipinski definition) is 2. The molecule has 2 rings (SSSR count). The third-order valence-electron chi connectivity index (χ3n) is 3.44. The Morgan fingerprint density at radius 3 is 2.88 bits per heavy atom. The first-order valence-electron chi connectivity index (χ1n) is 7.63. The van der Waals surface area contributed by atoms with E-state index in [1.54, 1.807) is 6.07 Å². The Morgan fingerprint density at radius 2 is 2.21 bits per heavy atom. The van der Waals surface area contributed by atoms with Crippen molar-refractivity contribution in [1.82, 2.24) is 10.3 Å². The van der Waals surface area contributed by atoms with Gasteiger partial charge in [-0.15, -0.1) is 11.3 Å². The number of aromatic carboxylic acids is 1. The largest absolute Gasteiger partial charge is 0.476 e. The van der Waals surface area contributed by atoms with Crippen LogP contribution in [-0.2, 0) is 17.6 Å². The van der Waals surface area contributed by atoms with Gasteiger partial charge in [-0.05, 0) is 30.0 Å². The van der Waals surface area contributed by atoms with Crippen molar-refractivity contribution in [1.29, 1.82) is 0 Å². The third kappa shape index (κ3) is 5.73. The van der Waals surface area contributed by atoms with E-state index in [1.165, 1.54) is 28.8 Å². The van der Waals surface area contributed by atoms with Gasteiger partial charge in [0.25, 0.3) is 0 Å². The summed E-state index contributed by atoms with van der Waals surface area (Å²) >= 11 is 1.27. The second-order valence-electron chi connectivity index (χ2n) is 5.67. The van der Waals surface area contributed by atoms with E-state index >= 15 is 0 Å². The SMILES string of the molecule is CC(CC(=O)NCCc1nc(C(=O)O)cs1)Cc1cccc(F)c1. The smallest absolute Gasteiger partial charge is 0.355 e. The molecule has 0 aliphatic rings. The predicted molar refractivity (Wildman–Crippen MR) is 89.7 cm³/mol. The molecule has 1 aromatic carbocycles. The van der Waals surface area contributed by atoms with Gasteiger partial charge < -0.3 is 10.4 Å². The third-order valence-corrected chi connectivity index (χ3v) is 4.35. The predicted octanol–water partition coefficient (Wildman–Crippen LogP) is 2.91. The molecular weight excluding hydrogens is 331 g/mol. The van der Waals surface area contributed by atoms with E-state index in [2.05, 4.69) is 10.3 Å². The number of hydrogen-bond acceptors (Lipinski definition) is 4. The first-order valence-corrected chi connectivity index (χ1v) is 8.51. The number of benzene rings is 1. The molecule has 0 fully saturated rings. The molecule has 0 spiro atoms. The number of carboxylic acid groups (broad SMARTS) is 1. The van der Waals surface area contributed by atoms with Crippen molar-refractivity contribution in [3.8, 4) is 0 Å². The Hall–Kier alpha value is -2.28. The Labute approximate surface area is 143 Å². The number of carboxylic acids is 1. The molecule has 0 saturated heterocycles. The number of carbonyl (C=O) groups excluding carboxylic acids is 1. The van der Waals surface area contributed by atoms with Crippen LogP contribution in [0.1, 0.15) is 34.4 Å². The van der Waals surface area contributed by atoms with E-state index < -0.39 is 5.97 Å². The number of amides is 1. The number of carbonyl (C=O) groups is 2. The van der Waals surface area contributed by atoms with E-state index in [4.69, 9.17) is 5.11 Å². The average molecular weight is 350 g/mol. The molecule has 0 saturated carbocycles. The van der Waals surface area contributed by atoms with Crippen molar-refractivity contribution >= 4 is 23.2 Å². The zero-order valence-corrected chi connectivity index (χ0v) is 14.1. The Bertz CT molecular complexity index is 717. The molecule has 0 bridgehead atoms. The van der Waals surface area contributed by atoms with Crippen molar-refractivity contribution in [2.45, 2.75) is 26.2 Å². The molecular formula is C17H19FN2O3S. The number of thiazole rings is 1. The van der Waals surface area contributed by atoms with E-state index in [0.29, 0.717) is 30.8 Å². The molecule has 0 aliphatic heterocycles. The van der Waals surface area contributed by atoms with Crippen LogP contribution < -0.4 is 5.32 Å². The van der Waals surface area contributed by atoms with Gasteiger partial charge in [0.05, 0.1) is 5.01 Å². The van der Waals surface area contributed by atoms with Gasteiger partial charge in [-0.1, -0.05) is 19.1 Å². The fourth-order valence-corrected chi connectivity index (χ4v) is 3.13. The quantitative estimate of drug-likeness (QED) is 0.767. The van der Waals surface area contributed by atoms with Crippen LogP contribution in [0.4, 0.5) is 4.39 Å². The topological polar surface area (TPSA) is 79.3 Å². The zero-order valence-electron chi connectivity index (χ0n) is 13.3. The molecule has 0 radical (unpaired) electrons. The van der Waals surface area contributed by atoms with Gasteiger partial charge in [0.15, 0.2) is 5.69 Å².